The Bertz CT molecular complexity index is 1320. The van der Waals surface area contributed by atoms with Gasteiger partial charge in [-0.15, -0.1) is 0 Å². The highest BCUT2D eigenvalue weighted by atomic mass is 35.5. The number of carbonyl (C=O) groups excluding carboxylic acids is 3. The van der Waals surface area contributed by atoms with Crippen LogP contribution in [0.15, 0.2) is 23.0 Å². The first-order valence-corrected chi connectivity index (χ1v) is 11.2. The molecule has 34 heavy (non-hydrogen) atoms. The maximum absolute atomic E-state index is 13.5. The normalized spacial score (nSPS) is 23.1. The number of aromatic hydroxyl groups is 1. The van der Waals surface area contributed by atoms with Crippen molar-refractivity contribution in [1.29, 1.82) is 0 Å². The van der Waals surface area contributed by atoms with Crippen LogP contribution in [0.25, 0.3) is 0 Å². The molecule has 3 heterocycles. The van der Waals surface area contributed by atoms with Gasteiger partial charge in [-0.2, -0.15) is 0 Å². The number of benzene rings is 1. The Hall–Kier alpha value is -3.40. The Kier molecular flexibility index (Phi) is 5.16. The van der Waals surface area contributed by atoms with Crippen LogP contribution < -0.4 is 10.9 Å². The van der Waals surface area contributed by atoms with Crippen molar-refractivity contribution in [1.82, 2.24) is 14.8 Å². The van der Waals surface area contributed by atoms with Crippen LogP contribution in [0.2, 0.25) is 5.02 Å². The molecule has 2 atom stereocenters. The molecule has 1 spiro atoms. The van der Waals surface area contributed by atoms with E-state index in [-0.39, 0.29) is 41.4 Å². The molecular formula is C23H21ClFN3O6. The molecule has 178 valence electrons. The van der Waals surface area contributed by atoms with E-state index in [1.807, 2.05) is 0 Å². The largest absolute Gasteiger partial charge is 0.502 e. The molecular weight excluding hydrogens is 469 g/mol. The molecule has 5 rings (SSSR count). The third-order valence-corrected chi connectivity index (χ3v) is 7.29. The highest BCUT2D eigenvalue weighted by Crippen LogP contribution is 2.45. The topological polar surface area (TPSA) is 118 Å². The van der Waals surface area contributed by atoms with Crippen molar-refractivity contribution < 1.29 is 28.6 Å². The minimum absolute atomic E-state index is 0.00794. The number of amides is 2. The molecule has 2 amide bonds. The van der Waals surface area contributed by atoms with Crippen molar-refractivity contribution in [2.24, 2.45) is 5.92 Å². The lowest BCUT2D eigenvalue weighted by atomic mass is 9.93. The molecule has 2 unspecified atom stereocenters. The van der Waals surface area contributed by atoms with Crippen LogP contribution in [0, 0.1) is 11.7 Å². The van der Waals surface area contributed by atoms with Crippen LogP contribution in [-0.2, 0) is 28.2 Å². The summed E-state index contributed by atoms with van der Waals surface area (Å²) in [6, 6.07) is 4.09. The zero-order valence-corrected chi connectivity index (χ0v) is 18.9. The first-order chi connectivity index (χ1) is 16.2. The summed E-state index contributed by atoms with van der Waals surface area (Å²) < 4.78 is 19.5. The minimum Gasteiger partial charge on any atom is -0.502 e. The Balaban J connectivity index is 1.59. The van der Waals surface area contributed by atoms with Gasteiger partial charge in [-0.05, 0) is 43.4 Å². The fraction of sp³-hybridized carbons (Fsp3) is 0.391. The number of nitrogens with zero attached hydrogens (tertiary/aromatic N) is 2. The highest BCUT2D eigenvalue weighted by molar-refractivity contribution is 6.30. The van der Waals surface area contributed by atoms with Gasteiger partial charge in [0, 0.05) is 18.7 Å². The van der Waals surface area contributed by atoms with E-state index < -0.39 is 46.5 Å². The van der Waals surface area contributed by atoms with Crippen LogP contribution in [0.3, 0.4) is 0 Å². The molecule has 2 aromatic rings. The summed E-state index contributed by atoms with van der Waals surface area (Å²) in [6.45, 7) is 0.281. The quantitative estimate of drug-likeness (QED) is 0.636. The van der Waals surface area contributed by atoms with Crippen LogP contribution in [0.4, 0.5) is 4.39 Å². The van der Waals surface area contributed by atoms with Crippen molar-refractivity contribution in [3.8, 4) is 5.75 Å². The molecule has 2 aliphatic heterocycles. The summed E-state index contributed by atoms with van der Waals surface area (Å²) >= 11 is 5.84. The number of hydrogen-bond acceptors (Lipinski definition) is 6. The zero-order valence-electron chi connectivity index (χ0n) is 18.2. The maximum atomic E-state index is 13.5. The fourth-order valence-corrected chi connectivity index (χ4v) is 5.70. The number of fused-ring (bicyclic) bond motifs is 4. The van der Waals surface area contributed by atoms with E-state index in [1.54, 1.807) is 0 Å². The highest BCUT2D eigenvalue weighted by Gasteiger charge is 2.57. The Morgan fingerprint density at radius 2 is 2.12 bits per heavy atom. The molecule has 2 N–H and O–H groups in total. The summed E-state index contributed by atoms with van der Waals surface area (Å²) in [5.74, 6) is -3.90. The third-order valence-electron chi connectivity index (χ3n) is 7.00. The van der Waals surface area contributed by atoms with Crippen LogP contribution >= 0.6 is 11.6 Å². The SMILES string of the molecule is COC(=O)C1CCCC12NC(=O)c1c3c(c(O)c(=O)n12)C(=O)N(Cc1ccc(F)c(Cl)c1)CC3. The molecule has 1 fully saturated rings. The second-order valence-electron chi connectivity index (χ2n) is 8.76. The monoisotopic (exact) mass is 489 g/mol. The number of nitrogens with one attached hydrogen (secondary N) is 1. The number of carbonyl (C=O) groups is 3. The van der Waals surface area contributed by atoms with Gasteiger partial charge in [-0.25, -0.2) is 4.39 Å². The van der Waals surface area contributed by atoms with Crippen molar-refractivity contribution in [2.75, 3.05) is 13.7 Å². The van der Waals surface area contributed by atoms with Gasteiger partial charge in [-0.1, -0.05) is 17.7 Å². The van der Waals surface area contributed by atoms with E-state index >= 15 is 0 Å². The lowest BCUT2D eigenvalue weighted by Gasteiger charge is -2.33. The number of esters is 1. The standard InChI is InChI=1S/C23H21ClFN3O6/c1-34-22(33)13-3-2-7-23(13)26-19(30)17-12-6-8-27(10-11-4-5-15(25)14(24)9-11)20(31)16(12)18(29)21(32)28(17)23/h4-5,9,13,29H,2-3,6-8,10H2,1H3,(H,26,30). The molecule has 1 aliphatic carbocycles. The summed E-state index contributed by atoms with van der Waals surface area (Å²) in [6.07, 6.45) is 1.49. The van der Waals surface area contributed by atoms with E-state index in [1.165, 1.54) is 30.2 Å². The Labute approximate surface area is 198 Å². The van der Waals surface area contributed by atoms with E-state index in [4.69, 9.17) is 16.3 Å². The maximum Gasteiger partial charge on any atom is 0.313 e. The average Bonchev–Trinajstić information content (AvgIpc) is 3.36. The van der Waals surface area contributed by atoms with E-state index in [0.717, 1.165) is 4.57 Å². The second-order valence-corrected chi connectivity index (χ2v) is 9.17. The van der Waals surface area contributed by atoms with Gasteiger partial charge < -0.3 is 20.1 Å². The Morgan fingerprint density at radius 1 is 1.35 bits per heavy atom. The molecule has 1 aromatic heterocycles. The summed E-state index contributed by atoms with van der Waals surface area (Å²) in [5.41, 5.74) is -1.65. The van der Waals surface area contributed by atoms with Gasteiger partial charge in [0.2, 0.25) is 0 Å². The molecule has 0 bridgehead atoms. The van der Waals surface area contributed by atoms with Gasteiger partial charge >= 0.3 is 5.97 Å². The van der Waals surface area contributed by atoms with Gasteiger partial charge in [0.25, 0.3) is 17.4 Å². The van der Waals surface area contributed by atoms with E-state index in [0.29, 0.717) is 24.8 Å². The number of aromatic nitrogens is 1. The molecule has 1 saturated carbocycles. The number of pyridine rings is 1. The first-order valence-electron chi connectivity index (χ1n) is 10.8. The number of hydrogen-bond donors (Lipinski definition) is 2. The fourth-order valence-electron chi connectivity index (χ4n) is 5.49. The van der Waals surface area contributed by atoms with Crippen molar-refractivity contribution in [3.63, 3.8) is 0 Å². The first kappa shape index (κ1) is 22.4. The third kappa shape index (κ3) is 3.04. The average molecular weight is 490 g/mol. The van der Waals surface area contributed by atoms with E-state index in [2.05, 4.69) is 5.32 Å². The van der Waals surface area contributed by atoms with Crippen molar-refractivity contribution >= 4 is 29.4 Å². The smallest absolute Gasteiger partial charge is 0.313 e. The molecule has 9 nitrogen and oxygen atoms in total. The lowest BCUT2D eigenvalue weighted by molar-refractivity contribution is -0.149. The van der Waals surface area contributed by atoms with Crippen LogP contribution in [-0.4, -0.2) is 46.0 Å². The van der Waals surface area contributed by atoms with Crippen molar-refractivity contribution in [2.45, 2.75) is 37.9 Å². The molecule has 11 heteroatoms. The summed E-state index contributed by atoms with van der Waals surface area (Å²) in [4.78, 5) is 53.5. The van der Waals surface area contributed by atoms with Crippen LogP contribution in [0.1, 0.15) is 51.2 Å². The minimum atomic E-state index is -1.34. The number of ether oxygens (including phenoxy) is 1. The summed E-state index contributed by atoms with van der Waals surface area (Å²) in [5, 5.41) is 13.6. The lowest BCUT2D eigenvalue weighted by Crippen LogP contribution is -2.52. The van der Waals surface area contributed by atoms with Crippen molar-refractivity contribution in [3.05, 3.63) is 61.8 Å². The molecule has 0 saturated heterocycles. The molecule has 3 aliphatic rings. The van der Waals surface area contributed by atoms with Gasteiger partial charge in [0.15, 0.2) is 5.75 Å². The predicted octanol–water partition coefficient (Wildman–Crippen LogP) is 1.91. The van der Waals surface area contributed by atoms with Gasteiger partial charge in [0.05, 0.1) is 23.6 Å². The van der Waals surface area contributed by atoms with Crippen LogP contribution in [0.5, 0.6) is 5.75 Å². The second kappa shape index (κ2) is 7.83. The number of halogens is 2. The number of methoxy groups -OCH3 is 1. The zero-order chi connectivity index (χ0) is 24.4. The molecule has 1 aromatic carbocycles. The van der Waals surface area contributed by atoms with Gasteiger partial charge in [0.1, 0.15) is 17.2 Å². The molecule has 0 radical (unpaired) electrons. The predicted molar refractivity (Wildman–Crippen MR) is 117 cm³/mol. The Morgan fingerprint density at radius 3 is 2.82 bits per heavy atom. The van der Waals surface area contributed by atoms with E-state index in [9.17, 15) is 28.7 Å². The van der Waals surface area contributed by atoms with Gasteiger partial charge in [-0.3, -0.25) is 23.7 Å². The number of rotatable bonds is 3. The summed E-state index contributed by atoms with van der Waals surface area (Å²) in [7, 11) is 1.24.